The van der Waals surface area contributed by atoms with Crippen LogP contribution in [-0.2, 0) is 19.5 Å². The van der Waals surface area contributed by atoms with Gasteiger partial charge in [-0.15, -0.1) is 5.10 Å². The molecule has 0 fully saturated rings. The molecule has 1 aliphatic heterocycles. The molecule has 0 bridgehead atoms. The quantitative estimate of drug-likeness (QED) is 0.879. The van der Waals surface area contributed by atoms with Crippen molar-refractivity contribution < 1.29 is 0 Å². The molecule has 0 atom stereocenters. The highest BCUT2D eigenvalue weighted by Gasteiger charge is 2.17. The van der Waals surface area contributed by atoms with E-state index in [-0.39, 0.29) is 0 Å². The number of rotatable bonds is 6. The smallest absolute Gasteiger partial charge is 0.0964 e. The van der Waals surface area contributed by atoms with Crippen molar-refractivity contribution in [2.24, 2.45) is 0 Å². The maximum absolute atomic E-state index is 4.21. The summed E-state index contributed by atoms with van der Waals surface area (Å²) in [6, 6.07) is 9.13. The number of fused-ring (bicyclic) bond motifs is 1. The Morgan fingerprint density at radius 3 is 2.95 bits per heavy atom. The van der Waals surface area contributed by atoms with E-state index in [1.165, 1.54) is 11.3 Å². The second-order valence-electron chi connectivity index (χ2n) is 5.87. The van der Waals surface area contributed by atoms with Crippen LogP contribution in [0.1, 0.15) is 25.1 Å². The van der Waals surface area contributed by atoms with Crippen molar-refractivity contribution in [3.63, 3.8) is 0 Å². The molecule has 0 radical (unpaired) electrons. The number of nitrogens with one attached hydrogen (secondary N) is 1. The molecule has 0 saturated carbocycles. The molecule has 1 aliphatic rings. The van der Waals surface area contributed by atoms with Gasteiger partial charge in [-0.25, -0.2) is 0 Å². The van der Waals surface area contributed by atoms with Gasteiger partial charge < -0.3 is 10.2 Å². The van der Waals surface area contributed by atoms with Gasteiger partial charge in [-0.3, -0.25) is 4.68 Å². The van der Waals surface area contributed by atoms with Gasteiger partial charge in [0.05, 0.1) is 12.2 Å². The Morgan fingerprint density at radius 2 is 2.10 bits per heavy atom. The van der Waals surface area contributed by atoms with Gasteiger partial charge in [0, 0.05) is 37.6 Å². The van der Waals surface area contributed by atoms with Crippen molar-refractivity contribution in [1.82, 2.24) is 20.3 Å². The summed E-state index contributed by atoms with van der Waals surface area (Å²) in [6.07, 6.45) is 3.19. The SMILES string of the molecule is CC(C)NCc1cn(CCN2CCc3ccccc32)nn1. The molecule has 0 saturated heterocycles. The summed E-state index contributed by atoms with van der Waals surface area (Å²) in [5.41, 5.74) is 3.84. The zero-order chi connectivity index (χ0) is 14.7. The van der Waals surface area contributed by atoms with E-state index in [4.69, 9.17) is 0 Å². The molecule has 0 amide bonds. The Hall–Kier alpha value is -1.88. The van der Waals surface area contributed by atoms with Crippen LogP contribution in [0.25, 0.3) is 0 Å². The molecule has 0 aliphatic carbocycles. The molecule has 2 heterocycles. The average Bonchev–Trinajstić information content (AvgIpc) is 3.10. The molecule has 5 nitrogen and oxygen atoms in total. The monoisotopic (exact) mass is 285 g/mol. The van der Waals surface area contributed by atoms with Gasteiger partial charge in [-0.05, 0) is 18.1 Å². The number of para-hydroxylation sites is 1. The lowest BCUT2D eigenvalue weighted by molar-refractivity contribution is 0.577. The Balaban J connectivity index is 1.54. The summed E-state index contributed by atoms with van der Waals surface area (Å²) in [5, 5.41) is 11.8. The van der Waals surface area contributed by atoms with Crippen molar-refractivity contribution in [3.05, 3.63) is 41.7 Å². The lowest BCUT2D eigenvalue weighted by Gasteiger charge is -2.18. The third kappa shape index (κ3) is 3.42. The Kier molecular flexibility index (Phi) is 4.20. The van der Waals surface area contributed by atoms with E-state index < -0.39 is 0 Å². The van der Waals surface area contributed by atoms with Crippen LogP contribution >= 0.6 is 0 Å². The number of benzene rings is 1. The van der Waals surface area contributed by atoms with E-state index in [2.05, 4.69) is 58.6 Å². The third-order valence-electron chi connectivity index (χ3n) is 3.86. The molecule has 0 spiro atoms. The fourth-order valence-corrected chi connectivity index (χ4v) is 2.70. The van der Waals surface area contributed by atoms with Crippen molar-refractivity contribution in [1.29, 1.82) is 0 Å². The minimum absolute atomic E-state index is 0.469. The second kappa shape index (κ2) is 6.26. The van der Waals surface area contributed by atoms with Crippen LogP contribution in [0.5, 0.6) is 0 Å². The standard InChI is InChI=1S/C16H23N5/c1-13(2)17-11-15-12-21(19-18-15)10-9-20-8-7-14-5-3-4-6-16(14)20/h3-6,12-13,17H,7-11H2,1-2H3. The highest BCUT2D eigenvalue weighted by atomic mass is 15.4. The largest absolute Gasteiger partial charge is 0.369 e. The average molecular weight is 285 g/mol. The van der Waals surface area contributed by atoms with Crippen LogP contribution in [-0.4, -0.2) is 34.1 Å². The van der Waals surface area contributed by atoms with E-state index in [1.54, 1.807) is 0 Å². The zero-order valence-electron chi connectivity index (χ0n) is 12.8. The first-order valence-corrected chi connectivity index (χ1v) is 7.67. The lowest BCUT2D eigenvalue weighted by atomic mass is 10.2. The van der Waals surface area contributed by atoms with Crippen LogP contribution in [0.3, 0.4) is 0 Å². The fourth-order valence-electron chi connectivity index (χ4n) is 2.70. The Morgan fingerprint density at radius 1 is 1.24 bits per heavy atom. The molecule has 21 heavy (non-hydrogen) atoms. The van der Waals surface area contributed by atoms with Gasteiger partial charge in [0.25, 0.3) is 0 Å². The molecular weight excluding hydrogens is 262 g/mol. The minimum Gasteiger partial charge on any atom is -0.369 e. The first kappa shape index (κ1) is 14.1. The highest BCUT2D eigenvalue weighted by Crippen LogP contribution is 2.26. The normalized spacial score (nSPS) is 14.0. The number of aromatic nitrogens is 3. The number of hydrogen-bond donors (Lipinski definition) is 1. The summed E-state index contributed by atoms with van der Waals surface area (Å²) in [5.74, 6) is 0. The van der Waals surface area contributed by atoms with E-state index >= 15 is 0 Å². The molecule has 2 aromatic rings. The summed E-state index contributed by atoms with van der Waals surface area (Å²) in [6.45, 7) is 8.02. The Labute approximate surface area is 126 Å². The molecule has 0 unspecified atom stereocenters. The fraction of sp³-hybridized carbons (Fsp3) is 0.500. The molecular formula is C16H23N5. The van der Waals surface area contributed by atoms with E-state index in [0.717, 1.165) is 38.3 Å². The van der Waals surface area contributed by atoms with Crippen molar-refractivity contribution in [3.8, 4) is 0 Å². The van der Waals surface area contributed by atoms with Crippen LogP contribution < -0.4 is 10.2 Å². The van der Waals surface area contributed by atoms with E-state index in [1.807, 2.05) is 10.9 Å². The van der Waals surface area contributed by atoms with Gasteiger partial charge >= 0.3 is 0 Å². The van der Waals surface area contributed by atoms with Gasteiger partial charge in [0.15, 0.2) is 0 Å². The maximum atomic E-state index is 4.21. The van der Waals surface area contributed by atoms with Crippen LogP contribution in [0, 0.1) is 0 Å². The predicted molar refractivity (Wildman–Crippen MR) is 84.4 cm³/mol. The van der Waals surface area contributed by atoms with Crippen LogP contribution in [0.2, 0.25) is 0 Å². The molecule has 1 aromatic carbocycles. The van der Waals surface area contributed by atoms with E-state index in [0.29, 0.717) is 6.04 Å². The zero-order valence-corrected chi connectivity index (χ0v) is 12.8. The molecule has 1 N–H and O–H groups in total. The lowest BCUT2D eigenvalue weighted by Crippen LogP contribution is -2.25. The molecule has 1 aromatic heterocycles. The first-order valence-electron chi connectivity index (χ1n) is 7.67. The third-order valence-corrected chi connectivity index (χ3v) is 3.86. The molecule has 112 valence electrons. The first-order chi connectivity index (χ1) is 10.2. The molecule has 5 heteroatoms. The number of anilines is 1. The van der Waals surface area contributed by atoms with Gasteiger partial charge in [-0.1, -0.05) is 37.3 Å². The topological polar surface area (TPSA) is 46.0 Å². The van der Waals surface area contributed by atoms with Gasteiger partial charge in [0.2, 0.25) is 0 Å². The van der Waals surface area contributed by atoms with E-state index in [9.17, 15) is 0 Å². The highest BCUT2D eigenvalue weighted by molar-refractivity contribution is 5.57. The predicted octanol–water partition coefficient (Wildman–Crippen LogP) is 1.84. The molecule has 3 rings (SSSR count). The van der Waals surface area contributed by atoms with Gasteiger partial charge in [0.1, 0.15) is 0 Å². The maximum Gasteiger partial charge on any atom is 0.0964 e. The van der Waals surface area contributed by atoms with Crippen molar-refractivity contribution >= 4 is 5.69 Å². The summed E-state index contributed by atoms with van der Waals surface area (Å²) in [7, 11) is 0. The Bertz CT molecular complexity index is 590. The number of nitrogens with zero attached hydrogens (tertiary/aromatic N) is 4. The minimum atomic E-state index is 0.469. The summed E-state index contributed by atoms with van der Waals surface area (Å²) in [4.78, 5) is 2.43. The second-order valence-corrected chi connectivity index (χ2v) is 5.87. The van der Waals surface area contributed by atoms with Crippen molar-refractivity contribution in [2.75, 3.05) is 18.0 Å². The van der Waals surface area contributed by atoms with Crippen LogP contribution in [0.15, 0.2) is 30.5 Å². The van der Waals surface area contributed by atoms with Crippen molar-refractivity contribution in [2.45, 2.75) is 39.4 Å². The number of hydrogen-bond acceptors (Lipinski definition) is 4. The van der Waals surface area contributed by atoms with Gasteiger partial charge in [-0.2, -0.15) is 0 Å². The summed E-state index contributed by atoms with van der Waals surface area (Å²) < 4.78 is 1.94. The summed E-state index contributed by atoms with van der Waals surface area (Å²) >= 11 is 0. The van der Waals surface area contributed by atoms with Crippen LogP contribution in [0.4, 0.5) is 5.69 Å².